The van der Waals surface area contributed by atoms with Crippen molar-refractivity contribution in [2.24, 2.45) is 0 Å². The molecule has 3 heteroatoms. The molecule has 0 saturated heterocycles. The van der Waals surface area contributed by atoms with E-state index in [-0.39, 0.29) is 0 Å². The second kappa shape index (κ2) is 2.94. The third-order valence-corrected chi connectivity index (χ3v) is 1.96. The second-order valence-corrected chi connectivity index (χ2v) is 2.83. The zero-order valence-electron chi connectivity index (χ0n) is 4.87. The highest BCUT2D eigenvalue weighted by molar-refractivity contribution is 7.83. The number of allylic oxidation sites excluding steroid dienone is 4. The van der Waals surface area contributed by atoms with Crippen LogP contribution in [0.3, 0.4) is 0 Å². The SMILES string of the molecule is O=S([O-])C1=CC=CCC1. The molecule has 0 fully saturated rings. The van der Waals surface area contributed by atoms with Crippen molar-refractivity contribution in [1.29, 1.82) is 0 Å². The van der Waals surface area contributed by atoms with E-state index < -0.39 is 11.1 Å². The third-order valence-electron chi connectivity index (χ3n) is 1.19. The Kier molecular flexibility index (Phi) is 2.19. The lowest BCUT2D eigenvalue weighted by Crippen LogP contribution is -1.94. The molecule has 2 nitrogen and oxygen atoms in total. The Balaban J connectivity index is 2.68. The topological polar surface area (TPSA) is 40.1 Å². The highest BCUT2D eigenvalue weighted by Crippen LogP contribution is 2.13. The first-order valence-electron chi connectivity index (χ1n) is 2.75. The van der Waals surface area contributed by atoms with Gasteiger partial charge in [0.05, 0.1) is 0 Å². The molecular weight excluding hydrogens is 136 g/mol. The summed E-state index contributed by atoms with van der Waals surface area (Å²) in [7, 11) is 0. The van der Waals surface area contributed by atoms with Gasteiger partial charge in [-0.15, -0.1) is 0 Å². The van der Waals surface area contributed by atoms with E-state index in [1.54, 1.807) is 12.2 Å². The maximum absolute atomic E-state index is 10.3. The highest BCUT2D eigenvalue weighted by Gasteiger charge is 1.97. The molecule has 0 heterocycles. The van der Waals surface area contributed by atoms with Crippen molar-refractivity contribution in [2.45, 2.75) is 12.8 Å². The van der Waals surface area contributed by atoms with Crippen molar-refractivity contribution in [3.05, 3.63) is 23.1 Å². The van der Waals surface area contributed by atoms with E-state index in [0.717, 1.165) is 6.42 Å². The van der Waals surface area contributed by atoms with Crippen molar-refractivity contribution in [1.82, 2.24) is 0 Å². The molecule has 1 atom stereocenters. The molecule has 1 aliphatic carbocycles. The smallest absolute Gasteiger partial charge is 0.00269 e. The van der Waals surface area contributed by atoms with Gasteiger partial charge in [-0.1, -0.05) is 18.2 Å². The summed E-state index contributed by atoms with van der Waals surface area (Å²) in [5.41, 5.74) is 0. The van der Waals surface area contributed by atoms with Gasteiger partial charge in [0.1, 0.15) is 0 Å². The summed E-state index contributed by atoms with van der Waals surface area (Å²) in [5, 5.41) is 0. The van der Waals surface area contributed by atoms with Crippen LogP contribution < -0.4 is 0 Å². The van der Waals surface area contributed by atoms with E-state index in [4.69, 9.17) is 0 Å². The molecule has 1 aliphatic rings. The van der Waals surface area contributed by atoms with Crippen LogP contribution in [0.1, 0.15) is 12.8 Å². The summed E-state index contributed by atoms with van der Waals surface area (Å²) in [4.78, 5) is 0.512. The largest absolute Gasteiger partial charge is 0.769 e. The number of rotatable bonds is 1. The normalized spacial score (nSPS) is 21.2. The molecule has 0 spiro atoms. The zero-order chi connectivity index (χ0) is 6.69. The van der Waals surface area contributed by atoms with E-state index in [2.05, 4.69) is 0 Å². The van der Waals surface area contributed by atoms with Gasteiger partial charge in [-0.25, -0.2) is 0 Å². The Labute approximate surface area is 56.6 Å². The summed E-state index contributed by atoms with van der Waals surface area (Å²) < 4.78 is 20.5. The minimum Gasteiger partial charge on any atom is -0.769 e. The zero-order valence-corrected chi connectivity index (χ0v) is 5.69. The predicted molar refractivity (Wildman–Crippen MR) is 35.4 cm³/mol. The van der Waals surface area contributed by atoms with Crippen LogP contribution >= 0.6 is 0 Å². The van der Waals surface area contributed by atoms with Crippen LogP contribution in [0.4, 0.5) is 0 Å². The van der Waals surface area contributed by atoms with Crippen molar-refractivity contribution in [3.63, 3.8) is 0 Å². The van der Waals surface area contributed by atoms with Gasteiger partial charge in [-0.3, -0.25) is 4.21 Å². The number of hydrogen-bond acceptors (Lipinski definition) is 2. The molecule has 0 saturated carbocycles. The lowest BCUT2D eigenvalue weighted by Gasteiger charge is -2.10. The van der Waals surface area contributed by atoms with Gasteiger partial charge in [0.25, 0.3) is 0 Å². The Morgan fingerprint density at radius 3 is 2.78 bits per heavy atom. The van der Waals surface area contributed by atoms with E-state index in [0.29, 0.717) is 11.3 Å². The maximum atomic E-state index is 10.3. The standard InChI is InChI=1S/C6H8O2S/c7-9(8)6-4-2-1-3-5-6/h1-2,4H,3,5H2,(H,7,8)/p-1. The fourth-order valence-electron chi connectivity index (χ4n) is 0.719. The average Bonchev–Trinajstić information content (AvgIpc) is 1.90. The van der Waals surface area contributed by atoms with Crippen LogP contribution in [0.2, 0.25) is 0 Å². The minimum absolute atomic E-state index is 0.512. The summed E-state index contributed by atoms with van der Waals surface area (Å²) in [5.74, 6) is 0. The van der Waals surface area contributed by atoms with Gasteiger partial charge < -0.3 is 4.55 Å². The first kappa shape index (κ1) is 6.71. The van der Waals surface area contributed by atoms with Gasteiger partial charge in [0.2, 0.25) is 0 Å². The van der Waals surface area contributed by atoms with E-state index >= 15 is 0 Å². The molecule has 9 heavy (non-hydrogen) atoms. The van der Waals surface area contributed by atoms with E-state index in [1.165, 1.54) is 0 Å². The second-order valence-electron chi connectivity index (χ2n) is 1.83. The molecule has 1 rings (SSSR count). The quantitative estimate of drug-likeness (QED) is 0.516. The highest BCUT2D eigenvalue weighted by atomic mass is 32.2. The predicted octanol–water partition coefficient (Wildman–Crippen LogP) is 1.10. The molecule has 0 aromatic heterocycles. The Morgan fingerprint density at radius 1 is 1.67 bits per heavy atom. The lowest BCUT2D eigenvalue weighted by molar-refractivity contribution is 0.541. The van der Waals surface area contributed by atoms with Gasteiger partial charge >= 0.3 is 0 Å². The molecule has 0 amide bonds. The maximum Gasteiger partial charge on any atom is 0.00269 e. The monoisotopic (exact) mass is 143 g/mol. The van der Waals surface area contributed by atoms with Crippen molar-refractivity contribution < 1.29 is 8.76 Å². The van der Waals surface area contributed by atoms with Crippen LogP contribution in [0.25, 0.3) is 0 Å². The van der Waals surface area contributed by atoms with Gasteiger partial charge in [-0.2, -0.15) is 0 Å². The molecular formula is C6H7O2S-. The lowest BCUT2D eigenvalue weighted by atomic mass is 10.2. The minimum atomic E-state index is -1.99. The van der Waals surface area contributed by atoms with Gasteiger partial charge in [0.15, 0.2) is 0 Å². The molecule has 0 aromatic rings. The first-order chi connectivity index (χ1) is 4.30. The van der Waals surface area contributed by atoms with Crippen LogP contribution in [0.15, 0.2) is 23.1 Å². The first-order valence-corrected chi connectivity index (χ1v) is 3.83. The summed E-state index contributed by atoms with van der Waals surface area (Å²) in [6.45, 7) is 0. The molecule has 0 radical (unpaired) electrons. The average molecular weight is 143 g/mol. The van der Waals surface area contributed by atoms with Gasteiger partial charge in [-0.05, 0) is 23.9 Å². The fraction of sp³-hybridized carbons (Fsp3) is 0.333. The fourth-order valence-corrected chi connectivity index (χ4v) is 1.19. The Morgan fingerprint density at radius 2 is 2.44 bits per heavy atom. The van der Waals surface area contributed by atoms with Crippen molar-refractivity contribution in [2.75, 3.05) is 0 Å². The molecule has 0 bridgehead atoms. The molecule has 1 unspecified atom stereocenters. The van der Waals surface area contributed by atoms with Gasteiger partial charge in [0, 0.05) is 4.91 Å². The van der Waals surface area contributed by atoms with E-state index in [9.17, 15) is 8.76 Å². The Hall–Kier alpha value is -0.410. The molecule has 50 valence electrons. The third kappa shape index (κ3) is 1.77. The summed E-state index contributed by atoms with van der Waals surface area (Å²) >= 11 is -1.99. The summed E-state index contributed by atoms with van der Waals surface area (Å²) in [6.07, 6.45) is 6.87. The van der Waals surface area contributed by atoms with Crippen LogP contribution in [-0.4, -0.2) is 8.76 Å². The molecule has 0 aliphatic heterocycles. The summed E-state index contributed by atoms with van der Waals surface area (Å²) in [6, 6.07) is 0. The van der Waals surface area contributed by atoms with Crippen LogP contribution in [-0.2, 0) is 11.1 Å². The van der Waals surface area contributed by atoms with Crippen molar-refractivity contribution >= 4 is 11.1 Å². The Bertz CT molecular complexity index is 181. The van der Waals surface area contributed by atoms with Crippen molar-refractivity contribution in [3.8, 4) is 0 Å². The number of hydrogen-bond donors (Lipinski definition) is 0. The molecule has 0 aromatic carbocycles. The van der Waals surface area contributed by atoms with Crippen LogP contribution in [0.5, 0.6) is 0 Å². The van der Waals surface area contributed by atoms with E-state index in [1.807, 2.05) is 6.08 Å². The van der Waals surface area contributed by atoms with Crippen LogP contribution in [0, 0.1) is 0 Å². The molecule has 0 N–H and O–H groups in total.